The molecule has 0 aromatic carbocycles. The van der Waals surface area contributed by atoms with Crippen LogP contribution < -0.4 is 0 Å². The summed E-state index contributed by atoms with van der Waals surface area (Å²) in [6, 6.07) is 1.85. The molecule has 0 bridgehead atoms. The summed E-state index contributed by atoms with van der Waals surface area (Å²) >= 11 is 1.54. The van der Waals surface area contributed by atoms with Crippen LogP contribution in [0.5, 0.6) is 0 Å². The predicted molar refractivity (Wildman–Crippen MR) is 60.0 cm³/mol. The summed E-state index contributed by atoms with van der Waals surface area (Å²) in [7, 11) is 0. The quantitative estimate of drug-likeness (QED) is 0.788. The number of thiophene rings is 1. The lowest BCUT2D eigenvalue weighted by molar-refractivity contribution is 0.0298. The molecule has 2 heterocycles. The minimum Gasteiger partial charge on any atom is -0.393 e. The number of likely N-dealkylation sites (tertiary alicyclic amines) is 1. The summed E-state index contributed by atoms with van der Waals surface area (Å²) < 4.78 is 0. The molecule has 3 nitrogen and oxygen atoms in total. The fourth-order valence-corrected chi connectivity index (χ4v) is 2.52. The molecule has 0 saturated carbocycles. The number of hydrogen-bond donors (Lipinski definition) is 1. The van der Waals surface area contributed by atoms with E-state index >= 15 is 0 Å². The maximum absolute atomic E-state index is 12.0. The minimum absolute atomic E-state index is 0.0926. The highest BCUT2D eigenvalue weighted by atomic mass is 32.1. The summed E-state index contributed by atoms with van der Waals surface area (Å²) in [5.74, 6) is 0.274. The Balaban J connectivity index is 2.03. The molecule has 0 spiro atoms. The van der Waals surface area contributed by atoms with Crippen molar-refractivity contribution in [3.63, 3.8) is 0 Å². The highest BCUT2D eigenvalue weighted by Crippen LogP contribution is 2.19. The molecule has 2 unspecified atom stereocenters. The average molecular weight is 225 g/mol. The third-order valence-electron chi connectivity index (χ3n) is 2.92. The van der Waals surface area contributed by atoms with Crippen LogP contribution in [0.15, 0.2) is 16.8 Å². The Morgan fingerprint density at radius 1 is 1.67 bits per heavy atom. The van der Waals surface area contributed by atoms with Gasteiger partial charge in [-0.05, 0) is 23.8 Å². The van der Waals surface area contributed by atoms with Gasteiger partial charge in [0.1, 0.15) is 0 Å². The molecule has 4 heteroatoms. The molecule has 1 N–H and O–H groups in total. The second-order valence-corrected chi connectivity index (χ2v) is 4.88. The van der Waals surface area contributed by atoms with Crippen molar-refractivity contribution < 1.29 is 9.90 Å². The maximum atomic E-state index is 12.0. The second-order valence-electron chi connectivity index (χ2n) is 4.10. The third kappa shape index (κ3) is 2.21. The van der Waals surface area contributed by atoms with E-state index in [4.69, 9.17) is 0 Å². The normalized spacial score (nSPS) is 26.7. The van der Waals surface area contributed by atoms with Crippen LogP contribution in [-0.4, -0.2) is 35.1 Å². The lowest BCUT2D eigenvalue weighted by Crippen LogP contribution is -2.44. The van der Waals surface area contributed by atoms with Crippen LogP contribution in [0.4, 0.5) is 0 Å². The van der Waals surface area contributed by atoms with Crippen LogP contribution in [0.1, 0.15) is 23.7 Å². The van der Waals surface area contributed by atoms with Gasteiger partial charge in [0.25, 0.3) is 5.91 Å². The highest BCUT2D eigenvalue weighted by Gasteiger charge is 2.27. The van der Waals surface area contributed by atoms with E-state index < -0.39 is 0 Å². The van der Waals surface area contributed by atoms with E-state index in [0.717, 1.165) is 5.56 Å². The smallest absolute Gasteiger partial charge is 0.254 e. The van der Waals surface area contributed by atoms with Gasteiger partial charge in [0.05, 0.1) is 11.7 Å². The van der Waals surface area contributed by atoms with Crippen molar-refractivity contribution >= 4 is 17.2 Å². The largest absolute Gasteiger partial charge is 0.393 e. The first-order valence-corrected chi connectivity index (χ1v) is 6.12. The lowest BCUT2D eigenvalue weighted by Gasteiger charge is -2.34. The van der Waals surface area contributed by atoms with E-state index in [-0.39, 0.29) is 17.9 Å². The minimum atomic E-state index is -0.253. The first-order chi connectivity index (χ1) is 7.18. The Bertz CT molecular complexity index is 336. The molecule has 1 fully saturated rings. The Morgan fingerprint density at radius 3 is 3.07 bits per heavy atom. The molecule has 1 aliphatic heterocycles. The molecule has 1 saturated heterocycles. The van der Waals surface area contributed by atoms with Gasteiger partial charge in [0.15, 0.2) is 0 Å². The molecule has 1 aromatic rings. The summed E-state index contributed by atoms with van der Waals surface area (Å²) in [5, 5.41) is 13.4. The number of hydrogen-bond acceptors (Lipinski definition) is 3. The van der Waals surface area contributed by atoms with E-state index in [1.54, 1.807) is 0 Å². The molecule has 82 valence electrons. The molecule has 1 aliphatic rings. The molecular formula is C11H15NO2S. The van der Waals surface area contributed by atoms with Gasteiger partial charge in [-0.15, -0.1) is 0 Å². The van der Waals surface area contributed by atoms with Crippen molar-refractivity contribution in [1.29, 1.82) is 0 Å². The molecule has 1 amide bonds. The van der Waals surface area contributed by atoms with Gasteiger partial charge in [-0.25, -0.2) is 0 Å². The number of rotatable bonds is 1. The van der Waals surface area contributed by atoms with Gasteiger partial charge in [-0.1, -0.05) is 6.92 Å². The van der Waals surface area contributed by atoms with E-state index in [0.29, 0.717) is 19.5 Å². The van der Waals surface area contributed by atoms with Gasteiger partial charge in [-0.2, -0.15) is 11.3 Å². The Labute approximate surface area is 93.3 Å². The SMILES string of the molecule is CC1CN(C(=O)c2ccsc2)CCC1O. The number of carbonyl (C=O) groups excluding carboxylic acids is 1. The molecule has 2 rings (SSSR count). The van der Waals surface area contributed by atoms with Crippen LogP contribution >= 0.6 is 11.3 Å². The summed E-state index contributed by atoms with van der Waals surface area (Å²) in [4.78, 5) is 13.8. The van der Waals surface area contributed by atoms with Crippen molar-refractivity contribution in [2.24, 2.45) is 5.92 Å². The monoisotopic (exact) mass is 225 g/mol. The van der Waals surface area contributed by atoms with Crippen molar-refractivity contribution in [2.75, 3.05) is 13.1 Å². The van der Waals surface area contributed by atoms with E-state index in [1.165, 1.54) is 11.3 Å². The maximum Gasteiger partial charge on any atom is 0.254 e. The van der Waals surface area contributed by atoms with Gasteiger partial charge >= 0.3 is 0 Å². The molecule has 15 heavy (non-hydrogen) atoms. The first-order valence-electron chi connectivity index (χ1n) is 5.18. The van der Waals surface area contributed by atoms with Gasteiger partial charge < -0.3 is 10.0 Å². The molecule has 2 atom stereocenters. The molecule has 1 aromatic heterocycles. The van der Waals surface area contributed by atoms with E-state index in [2.05, 4.69) is 0 Å². The van der Waals surface area contributed by atoms with Gasteiger partial charge in [0, 0.05) is 18.5 Å². The van der Waals surface area contributed by atoms with Crippen LogP contribution in [0.25, 0.3) is 0 Å². The molecule has 0 radical (unpaired) electrons. The van der Waals surface area contributed by atoms with Crippen molar-refractivity contribution in [1.82, 2.24) is 4.90 Å². The Hall–Kier alpha value is -0.870. The number of piperidine rings is 1. The van der Waals surface area contributed by atoms with E-state index in [9.17, 15) is 9.90 Å². The van der Waals surface area contributed by atoms with E-state index in [1.807, 2.05) is 28.7 Å². The zero-order valence-corrected chi connectivity index (χ0v) is 9.54. The zero-order chi connectivity index (χ0) is 10.8. The third-order valence-corrected chi connectivity index (χ3v) is 3.60. The highest BCUT2D eigenvalue weighted by molar-refractivity contribution is 7.08. The standard InChI is InChI=1S/C11H15NO2S/c1-8-6-12(4-2-10(8)13)11(14)9-3-5-15-7-9/h3,5,7-8,10,13H,2,4,6H2,1H3. The Morgan fingerprint density at radius 2 is 2.47 bits per heavy atom. The fourth-order valence-electron chi connectivity index (χ4n) is 1.89. The number of aliphatic hydroxyl groups is 1. The number of amides is 1. The topological polar surface area (TPSA) is 40.5 Å². The fraction of sp³-hybridized carbons (Fsp3) is 0.545. The average Bonchev–Trinajstić information content (AvgIpc) is 2.74. The predicted octanol–water partition coefficient (Wildman–Crippen LogP) is 1.59. The number of carbonyl (C=O) groups is 1. The van der Waals surface area contributed by atoms with Crippen molar-refractivity contribution in [3.05, 3.63) is 22.4 Å². The zero-order valence-electron chi connectivity index (χ0n) is 8.72. The molecule has 0 aliphatic carbocycles. The molecular weight excluding hydrogens is 210 g/mol. The number of aliphatic hydroxyl groups excluding tert-OH is 1. The lowest BCUT2D eigenvalue weighted by atomic mass is 9.96. The van der Waals surface area contributed by atoms with Crippen LogP contribution in [0, 0.1) is 5.92 Å². The van der Waals surface area contributed by atoms with Crippen LogP contribution in [-0.2, 0) is 0 Å². The van der Waals surface area contributed by atoms with Crippen LogP contribution in [0.3, 0.4) is 0 Å². The Kier molecular flexibility index (Phi) is 3.07. The summed E-state index contributed by atoms with van der Waals surface area (Å²) in [6.07, 6.45) is 0.438. The van der Waals surface area contributed by atoms with Gasteiger partial charge in [-0.3, -0.25) is 4.79 Å². The first kappa shape index (κ1) is 10.6. The summed E-state index contributed by atoms with van der Waals surface area (Å²) in [6.45, 7) is 3.31. The second kappa shape index (κ2) is 4.33. The van der Waals surface area contributed by atoms with Crippen LogP contribution in [0.2, 0.25) is 0 Å². The number of nitrogens with zero attached hydrogens (tertiary/aromatic N) is 1. The van der Waals surface area contributed by atoms with Crippen molar-refractivity contribution in [2.45, 2.75) is 19.4 Å². The van der Waals surface area contributed by atoms with Crippen molar-refractivity contribution in [3.8, 4) is 0 Å². The van der Waals surface area contributed by atoms with Gasteiger partial charge in [0.2, 0.25) is 0 Å². The summed E-state index contributed by atoms with van der Waals surface area (Å²) in [5.41, 5.74) is 0.767.